The molecule has 1 N–H and O–H groups in total. The molecule has 18 heavy (non-hydrogen) atoms. The topological polar surface area (TPSA) is 54.3 Å². The van der Waals surface area contributed by atoms with E-state index in [4.69, 9.17) is 9.47 Å². The van der Waals surface area contributed by atoms with Crippen LogP contribution in [0.25, 0.3) is 0 Å². The van der Waals surface area contributed by atoms with E-state index in [2.05, 4.69) is 11.4 Å². The van der Waals surface area contributed by atoms with E-state index in [1.165, 1.54) is 12.8 Å². The predicted octanol–water partition coefficient (Wildman–Crippen LogP) is 2.00. The molecule has 4 heteroatoms. The summed E-state index contributed by atoms with van der Waals surface area (Å²) in [6.45, 7) is 4.39. The standard InChI is InChI=1S/C14H24N2O2/c1-14(11-15,16-12-4-5-12)7-2-3-8-18-13-6-9-17-10-13/h12-13,16H,2-10H2,1H3. The van der Waals surface area contributed by atoms with E-state index in [0.717, 1.165) is 45.5 Å². The number of unbranched alkanes of at least 4 members (excludes halogenated alkanes) is 1. The van der Waals surface area contributed by atoms with Gasteiger partial charge in [0.15, 0.2) is 0 Å². The molecule has 0 spiro atoms. The van der Waals surface area contributed by atoms with Crippen molar-refractivity contribution in [3.63, 3.8) is 0 Å². The minimum Gasteiger partial charge on any atom is -0.379 e. The average molecular weight is 252 g/mol. The van der Waals surface area contributed by atoms with Crippen LogP contribution in [-0.4, -0.2) is 37.5 Å². The van der Waals surface area contributed by atoms with Crippen molar-refractivity contribution in [2.75, 3.05) is 19.8 Å². The molecule has 1 saturated carbocycles. The zero-order valence-electron chi connectivity index (χ0n) is 11.3. The van der Waals surface area contributed by atoms with Crippen molar-refractivity contribution in [3.8, 4) is 6.07 Å². The van der Waals surface area contributed by atoms with E-state index >= 15 is 0 Å². The molecular weight excluding hydrogens is 228 g/mol. The first-order valence-electron chi connectivity index (χ1n) is 7.10. The Morgan fingerprint density at radius 3 is 2.83 bits per heavy atom. The molecule has 2 atom stereocenters. The number of nitriles is 1. The molecular formula is C14H24N2O2. The highest BCUT2D eigenvalue weighted by atomic mass is 16.5. The lowest BCUT2D eigenvalue weighted by atomic mass is 9.96. The van der Waals surface area contributed by atoms with Crippen LogP contribution in [0.15, 0.2) is 0 Å². The molecule has 4 nitrogen and oxygen atoms in total. The van der Waals surface area contributed by atoms with Gasteiger partial charge >= 0.3 is 0 Å². The summed E-state index contributed by atoms with van der Waals surface area (Å²) < 4.78 is 11.0. The SMILES string of the molecule is CC(C#N)(CCCCOC1CCOC1)NC1CC1. The third-order valence-corrected chi connectivity index (χ3v) is 3.66. The molecule has 0 amide bonds. The van der Waals surface area contributed by atoms with Crippen molar-refractivity contribution < 1.29 is 9.47 Å². The maximum Gasteiger partial charge on any atom is 0.104 e. The molecule has 2 aliphatic rings. The quantitative estimate of drug-likeness (QED) is 0.671. The van der Waals surface area contributed by atoms with Gasteiger partial charge < -0.3 is 9.47 Å². The van der Waals surface area contributed by atoms with Gasteiger partial charge in [0.05, 0.1) is 18.8 Å². The number of hydrogen-bond acceptors (Lipinski definition) is 4. The fraction of sp³-hybridized carbons (Fsp3) is 0.929. The lowest BCUT2D eigenvalue weighted by Crippen LogP contribution is -2.42. The summed E-state index contributed by atoms with van der Waals surface area (Å²) in [5, 5.41) is 12.7. The van der Waals surface area contributed by atoms with Crippen LogP contribution in [0.3, 0.4) is 0 Å². The van der Waals surface area contributed by atoms with Gasteiger partial charge in [-0.1, -0.05) is 0 Å². The van der Waals surface area contributed by atoms with Crippen LogP contribution < -0.4 is 5.32 Å². The molecule has 2 fully saturated rings. The number of hydrogen-bond donors (Lipinski definition) is 1. The van der Waals surface area contributed by atoms with Gasteiger partial charge in [0, 0.05) is 19.3 Å². The van der Waals surface area contributed by atoms with E-state index in [1.54, 1.807) is 0 Å². The molecule has 2 rings (SSSR count). The lowest BCUT2D eigenvalue weighted by molar-refractivity contribution is 0.0401. The molecule has 0 aromatic rings. The highest BCUT2D eigenvalue weighted by Crippen LogP contribution is 2.24. The molecule has 1 aliphatic heterocycles. The van der Waals surface area contributed by atoms with Gasteiger partial charge in [-0.3, -0.25) is 5.32 Å². The molecule has 1 aliphatic carbocycles. The number of rotatable bonds is 8. The van der Waals surface area contributed by atoms with Crippen LogP contribution in [0.2, 0.25) is 0 Å². The Morgan fingerprint density at radius 2 is 2.22 bits per heavy atom. The Bertz CT molecular complexity index is 293. The summed E-state index contributed by atoms with van der Waals surface area (Å²) in [4.78, 5) is 0. The average Bonchev–Trinajstić information content (AvgIpc) is 3.01. The van der Waals surface area contributed by atoms with Gasteiger partial charge in [-0.25, -0.2) is 0 Å². The molecule has 0 radical (unpaired) electrons. The van der Waals surface area contributed by atoms with E-state index in [1.807, 2.05) is 6.92 Å². The van der Waals surface area contributed by atoms with Crippen molar-refractivity contribution in [1.82, 2.24) is 5.32 Å². The maximum absolute atomic E-state index is 9.23. The first-order chi connectivity index (χ1) is 8.72. The third kappa shape index (κ3) is 4.56. The maximum atomic E-state index is 9.23. The third-order valence-electron chi connectivity index (χ3n) is 3.66. The number of nitrogens with one attached hydrogen (secondary N) is 1. The minimum absolute atomic E-state index is 0.303. The highest BCUT2D eigenvalue weighted by Gasteiger charge is 2.31. The van der Waals surface area contributed by atoms with Gasteiger partial charge in [0.1, 0.15) is 5.54 Å². The van der Waals surface area contributed by atoms with Crippen molar-refractivity contribution >= 4 is 0 Å². The van der Waals surface area contributed by atoms with Crippen molar-refractivity contribution in [2.45, 2.75) is 63.1 Å². The van der Waals surface area contributed by atoms with Crippen molar-refractivity contribution in [1.29, 1.82) is 5.26 Å². The van der Waals surface area contributed by atoms with E-state index in [9.17, 15) is 5.26 Å². The Labute approximate surface area is 110 Å². The Kier molecular flexibility index (Phi) is 4.99. The Hall–Kier alpha value is -0.630. The minimum atomic E-state index is -0.350. The summed E-state index contributed by atoms with van der Waals surface area (Å²) >= 11 is 0. The van der Waals surface area contributed by atoms with Crippen molar-refractivity contribution in [2.24, 2.45) is 0 Å². The Balaban J connectivity index is 1.54. The first-order valence-corrected chi connectivity index (χ1v) is 7.10. The smallest absolute Gasteiger partial charge is 0.104 e. The van der Waals surface area contributed by atoms with Gasteiger partial charge in [-0.05, 0) is 45.4 Å². The van der Waals surface area contributed by atoms with Crippen LogP contribution in [0.1, 0.15) is 45.4 Å². The lowest BCUT2D eigenvalue weighted by Gasteiger charge is -2.23. The molecule has 0 aromatic heterocycles. The number of ether oxygens (including phenoxy) is 2. The molecule has 0 bridgehead atoms. The molecule has 1 heterocycles. The normalized spacial score (nSPS) is 26.8. The van der Waals surface area contributed by atoms with Gasteiger partial charge in [-0.2, -0.15) is 5.26 Å². The first kappa shape index (κ1) is 13.8. The van der Waals surface area contributed by atoms with E-state index in [0.29, 0.717) is 12.1 Å². The molecule has 1 saturated heterocycles. The van der Waals surface area contributed by atoms with Crippen LogP contribution in [0.4, 0.5) is 0 Å². The second-order valence-electron chi connectivity index (χ2n) is 5.68. The van der Waals surface area contributed by atoms with Gasteiger partial charge in [-0.15, -0.1) is 0 Å². The second-order valence-corrected chi connectivity index (χ2v) is 5.68. The second kappa shape index (κ2) is 6.51. The largest absolute Gasteiger partial charge is 0.379 e. The molecule has 0 aromatic carbocycles. The van der Waals surface area contributed by atoms with Crippen LogP contribution in [0.5, 0.6) is 0 Å². The summed E-state index contributed by atoms with van der Waals surface area (Å²) in [5.74, 6) is 0. The molecule has 2 unspecified atom stereocenters. The summed E-state index contributed by atoms with van der Waals surface area (Å²) in [6, 6.07) is 2.99. The monoisotopic (exact) mass is 252 g/mol. The predicted molar refractivity (Wildman–Crippen MR) is 69.2 cm³/mol. The van der Waals surface area contributed by atoms with E-state index < -0.39 is 0 Å². The summed E-state index contributed by atoms with van der Waals surface area (Å²) in [6.07, 6.45) is 6.75. The van der Waals surface area contributed by atoms with Gasteiger partial charge in [0.2, 0.25) is 0 Å². The van der Waals surface area contributed by atoms with Gasteiger partial charge in [0.25, 0.3) is 0 Å². The zero-order valence-corrected chi connectivity index (χ0v) is 11.3. The van der Waals surface area contributed by atoms with E-state index in [-0.39, 0.29) is 5.54 Å². The highest BCUT2D eigenvalue weighted by molar-refractivity contribution is 5.06. The van der Waals surface area contributed by atoms with Crippen LogP contribution >= 0.6 is 0 Å². The zero-order chi connectivity index (χ0) is 12.8. The van der Waals surface area contributed by atoms with Crippen LogP contribution in [-0.2, 0) is 9.47 Å². The fourth-order valence-corrected chi connectivity index (χ4v) is 2.31. The summed E-state index contributed by atoms with van der Waals surface area (Å²) in [7, 11) is 0. The number of nitrogens with zero attached hydrogens (tertiary/aromatic N) is 1. The van der Waals surface area contributed by atoms with Crippen molar-refractivity contribution in [3.05, 3.63) is 0 Å². The van der Waals surface area contributed by atoms with Crippen LogP contribution in [0, 0.1) is 11.3 Å². The molecule has 102 valence electrons. The Morgan fingerprint density at radius 1 is 1.39 bits per heavy atom. The fourth-order valence-electron chi connectivity index (χ4n) is 2.31. The summed E-state index contributed by atoms with van der Waals surface area (Å²) in [5.41, 5.74) is -0.350.